The van der Waals surface area contributed by atoms with Gasteiger partial charge in [-0.3, -0.25) is 0 Å². The molecule has 1 saturated heterocycles. The topological polar surface area (TPSA) is 110 Å². The fourth-order valence-corrected chi connectivity index (χ4v) is 1.08. The summed E-state index contributed by atoms with van der Waals surface area (Å²) in [6.45, 7) is -0.526. The van der Waals surface area contributed by atoms with Crippen molar-refractivity contribution in [3.8, 4) is 0 Å². The fraction of sp³-hybridized carbons (Fsp3) is 1.00. The summed E-state index contributed by atoms with van der Waals surface area (Å²) in [4.78, 5) is 0. The molecule has 1 heterocycles. The highest BCUT2D eigenvalue weighted by atomic mass is 16.6. The van der Waals surface area contributed by atoms with Gasteiger partial charge in [0.2, 0.25) is 0 Å². The molecule has 6 heteroatoms. The molecular formula is C6H12O6. The molecule has 5 atom stereocenters. The Balaban J connectivity index is 2.63. The highest BCUT2D eigenvalue weighted by Gasteiger charge is 2.42. The molecule has 1 rings (SSSR count). The molecular weight excluding hydrogens is 168 g/mol. The van der Waals surface area contributed by atoms with Gasteiger partial charge in [0.1, 0.15) is 24.4 Å². The Bertz CT molecular complexity index is 146. The third-order valence-electron chi connectivity index (χ3n) is 1.87. The number of hydrogen-bond acceptors (Lipinski definition) is 6. The summed E-state index contributed by atoms with van der Waals surface area (Å²) in [6.07, 6.45) is -7.04. The maximum Gasteiger partial charge on any atom is 0.184 e. The van der Waals surface area contributed by atoms with Crippen LogP contribution < -0.4 is 0 Å². The van der Waals surface area contributed by atoms with Crippen molar-refractivity contribution in [3.05, 3.63) is 0 Å². The SMILES string of the molecule is OCC1OC(O)[C@@H](O)[C@@H](O)[C@H]1O. The zero-order valence-electron chi connectivity index (χ0n) is 6.24. The third kappa shape index (κ3) is 1.58. The van der Waals surface area contributed by atoms with E-state index in [0.29, 0.717) is 0 Å². The van der Waals surface area contributed by atoms with Gasteiger partial charge < -0.3 is 30.3 Å². The lowest BCUT2D eigenvalue weighted by Crippen LogP contribution is -2.58. The van der Waals surface area contributed by atoms with Crippen molar-refractivity contribution in [2.24, 2.45) is 0 Å². The molecule has 0 saturated carbocycles. The standard InChI is InChI=1S/C6H12O6/c7-1-2-3(8)4(9)5(10)6(11)12-2/h2-11H,1H2/t2?,3-,4-,5-,6?/m0/s1. The molecule has 0 radical (unpaired) electrons. The summed E-state index contributed by atoms with van der Waals surface area (Å²) in [5.41, 5.74) is 0. The van der Waals surface area contributed by atoms with E-state index in [1.54, 1.807) is 0 Å². The number of aliphatic hydroxyl groups excluding tert-OH is 5. The van der Waals surface area contributed by atoms with Gasteiger partial charge in [0.25, 0.3) is 0 Å². The molecule has 12 heavy (non-hydrogen) atoms. The first-order valence-corrected chi connectivity index (χ1v) is 3.56. The van der Waals surface area contributed by atoms with E-state index >= 15 is 0 Å². The van der Waals surface area contributed by atoms with Crippen LogP contribution in [-0.2, 0) is 4.74 Å². The van der Waals surface area contributed by atoms with Crippen LogP contribution in [0.3, 0.4) is 0 Å². The molecule has 1 fully saturated rings. The van der Waals surface area contributed by atoms with E-state index in [1.807, 2.05) is 0 Å². The van der Waals surface area contributed by atoms with Gasteiger partial charge in [0, 0.05) is 0 Å². The van der Waals surface area contributed by atoms with Crippen molar-refractivity contribution in [3.63, 3.8) is 0 Å². The second-order valence-electron chi connectivity index (χ2n) is 2.72. The molecule has 0 aromatic carbocycles. The summed E-state index contributed by atoms with van der Waals surface area (Å²) in [5.74, 6) is 0. The molecule has 0 spiro atoms. The lowest BCUT2D eigenvalue weighted by molar-refractivity contribution is -0.286. The number of aliphatic hydroxyl groups is 5. The predicted molar refractivity (Wildman–Crippen MR) is 36.0 cm³/mol. The summed E-state index contributed by atoms with van der Waals surface area (Å²) in [6, 6.07) is 0. The van der Waals surface area contributed by atoms with Crippen LogP contribution in [0.15, 0.2) is 0 Å². The molecule has 72 valence electrons. The Morgan fingerprint density at radius 2 is 1.50 bits per heavy atom. The minimum Gasteiger partial charge on any atom is -0.394 e. The zero-order chi connectivity index (χ0) is 9.30. The van der Waals surface area contributed by atoms with Gasteiger partial charge in [-0.2, -0.15) is 0 Å². The van der Waals surface area contributed by atoms with Crippen molar-refractivity contribution < 1.29 is 30.3 Å². The Kier molecular flexibility index (Phi) is 2.99. The van der Waals surface area contributed by atoms with Gasteiger partial charge in [0.05, 0.1) is 6.61 Å². The van der Waals surface area contributed by atoms with Crippen molar-refractivity contribution >= 4 is 0 Å². The molecule has 1 aliphatic rings. The van der Waals surface area contributed by atoms with E-state index in [0.717, 1.165) is 0 Å². The van der Waals surface area contributed by atoms with E-state index in [9.17, 15) is 0 Å². The van der Waals surface area contributed by atoms with E-state index in [2.05, 4.69) is 4.74 Å². The van der Waals surface area contributed by atoms with Crippen molar-refractivity contribution in [2.75, 3.05) is 6.61 Å². The van der Waals surface area contributed by atoms with Crippen LogP contribution in [0, 0.1) is 0 Å². The molecule has 6 nitrogen and oxygen atoms in total. The second-order valence-corrected chi connectivity index (χ2v) is 2.72. The minimum atomic E-state index is -1.57. The van der Waals surface area contributed by atoms with Gasteiger partial charge in [0.15, 0.2) is 6.29 Å². The number of ether oxygens (including phenoxy) is 1. The minimum absolute atomic E-state index is 0.526. The third-order valence-corrected chi connectivity index (χ3v) is 1.87. The normalized spacial score (nSPS) is 49.2. The Morgan fingerprint density at radius 1 is 0.917 bits per heavy atom. The fourth-order valence-electron chi connectivity index (χ4n) is 1.08. The number of hydrogen-bond donors (Lipinski definition) is 5. The van der Waals surface area contributed by atoms with Crippen LogP contribution in [0.5, 0.6) is 0 Å². The van der Waals surface area contributed by atoms with Crippen LogP contribution >= 0.6 is 0 Å². The Morgan fingerprint density at radius 3 is 2.00 bits per heavy atom. The van der Waals surface area contributed by atoms with Crippen LogP contribution in [0.2, 0.25) is 0 Å². The number of rotatable bonds is 1. The second kappa shape index (κ2) is 3.65. The highest BCUT2D eigenvalue weighted by Crippen LogP contribution is 2.18. The first kappa shape index (κ1) is 9.85. The molecule has 0 amide bonds. The molecule has 0 aromatic rings. The van der Waals surface area contributed by atoms with Gasteiger partial charge in [-0.25, -0.2) is 0 Å². The molecule has 0 bridgehead atoms. The summed E-state index contributed by atoms with van der Waals surface area (Å²) in [5, 5.41) is 44.7. The molecule has 1 aliphatic heterocycles. The van der Waals surface area contributed by atoms with Crippen LogP contribution in [0.4, 0.5) is 0 Å². The van der Waals surface area contributed by atoms with E-state index < -0.39 is 37.3 Å². The lowest BCUT2D eigenvalue weighted by atomic mass is 10.00. The van der Waals surface area contributed by atoms with Crippen molar-refractivity contribution in [1.29, 1.82) is 0 Å². The monoisotopic (exact) mass is 180 g/mol. The Hall–Kier alpha value is -0.240. The average molecular weight is 180 g/mol. The maximum absolute atomic E-state index is 9.12. The first-order valence-electron chi connectivity index (χ1n) is 3.56. The average Bonchev–Trinajstić information content (AvgIpc) is 2.08. The van der Waals surface area contributed by atoms with Gasteiger partial charge in [-0.1, -0.05) is 0 Å². The van der Waals surface area contributed by atoms with E-state index in [4.69, 9.17) is 25.5 Å². The lowest BCUT2D eigenvalue weighted by Gasteiger charge is -2.37. The van der Waals surface area contributed by atoms with Gasteiger partial charge >= 0.3 is 0 Å². The smallest absolute Gasteiger partial charge is 0.184 e. The zero-order valence-corrected chi connectivity index (χ0v) is 6.24. The largest absolute Gasteiger partial charge is 0.394 e. The van der Waals surface area contributed by atoms with Gasteiger partial charge in [-0.15, -0.1) is 0 Å². The quantitative estimate of drug-likeness (QED) is 0.290. The van der Waals surface area contributed by atoms with Crippen molar-refractivity contribution in [2.45, 2.75) is 30.7 Å². The summed E-state index contributed by atoms with van der Waals surface area (Å²) in [7, 11) is 0. The highest BCUT2D eigenvalue weighted by molar-refractivity contribution is 4.87. The van der Waals surface area contributed by atoms with Crippen LogP contribution in [-0.4, -0.2) is 62.8 Å². The summed E-state index contributed by atoms with van der Waals surface area (Å²) < 4.78 is 4.58. The Labute approximate surface area is 68.6 Å². The first-order chi connectivity index (χ1) is 5.57. The van der Waals surface area contributed by atoms with E-state index in [1.165, 1.54) is 0 Å². The van der Waals surface area contributed by atoms with Gasteiger partial charge in [-0.05, 0) is 0 Å². The van der Waals surface area contributed by atoms with E-state index in [-0.39, 0.29) is 0 Å². The molecule has 0 aromatic heterocycles. The maximum atomic E-state index is 9.12. The molecule has 5 N–H and O–H groups in total. The van der Waals surface area contributed by atoms with Crippen molar-refractivity contribution in [1.82, 2.24) is 0 Å². The molecule has 0 aliphatic carbocycles. The van der Waals surface area contributed by atoms with Crippen LogP contribution in [0.1, 0.15) is 0 Å². The predicted octanol–water partition coefficient (Wildman–Crippen LogP) is -3.22. The summed E-state index contributed by atoms with van der Waals surface area (Å²) >= 11 is 0. The molecule has 2 unspecified atom stereocenters. The van der Waals surface area contributed by atoms with Crippen LogP contribution in [0.25, 0.3) is 0 Å².